The minimum absolute atomic E-state index is 0.191. The SMILES string of the molecule is COC(=O)c1cc(Cc2ccccc2)sc1NC=C(C#N)C(=O)OC(C)(C)C. The third kappa shape index (κ3) is 5.96. The summed E-state index contributed by atoms with van der Waals surface area (Å²) in [6.07, 6.45) is 1.90. The van der Waals surface area contributed by atoms with Gasteiger partial charge in [0, 0.05) is 17.5 Å². The van der Waals surface area contributed by atoms with Gasteiger partial charge in [0.05, 0.1) is 12.7 Å². The molecule has 0 spiro atoms. The van der Waals surface area contributed by atoms with Gasteiger partial charge in [0.25, 0.3) is 0 Å². The zero-order valence-electron chi connectivity index (χ0n) is 16.2. The van der Waals surface area contributed by atoms with E-state index in [1.807, 2.05) is 36.4 Å². The van der Waals surface area contributed by atoms with Crippen molar-refractivity contribution in [3.05, 3.63) is 64.2 Å². The molecule has 0 amide bonds. The molecule has 0 bridgehead atoms. The van der Waals surface area contributed by atoms with Crippen molar-refractivity contribution in [2.24, 2.45) is 0 Å². The lowest BCUT2D eigenvalue weighted by molar-refractivity contribution is -0.149. The van der Waals surface area contributed by atoms with Crippen LogP contribution < -0.4 is 5.32 Å². The lowest BCUT2D eigenvalue weighted by Crippen LogP contribution is -2.24. The number of rotatable bonds is 6. The van der Waals surface area contributed by atoms with Crippen LogP contribution in [0.2, 0.25) is 0 Å². The van der Waals surface area contributed by atoms with Crippen LogP contribution in [0.5, 0.6) is 0 Å². The molecule has 0 radical (unpaired) electrons. The molecule has 2 aromatic rings. The summed E-state index contributed by atoms with van der Waals surface area (Å²) in [6.45, 7) is 5.16. The zero-order valence-corrected chi connectivity index (χ0v) is 17.1. The Morgan fingerprint density at radius 3 is 2.50 bits per heavy atom. The second-order valence-corrected chi connectivity index (χ2v) is 8.06. The van der Waals surface area contributed by atoms with Gasteiger partial charge in [-0.15, -0.1) is 11.3 Å². The summed E-state index contributed by atoms with van der Waals surface area (Å²) in [4.78, 5) is 25.1. The number of ether oxygens (including phenoxy) is 2. The smallest absolute Gasteiger partial charge is 0.350 e. The van der Waals surface area contributed by atoms with Crippen molar-refractivity contribution in [3.8, 4) is 6.07 Å². The standard InChI is InChI=1S/C21H22N2O4S/c1-21(2,3)27-19(24)15(12-22)13-23-18-17(20(25)26-4)11-16(28-18)10-14-8-6-5-7-9-14/h5-9,11,13,23H,10H2,1-4H3. The molecule has 1 N–H and O–H groups in total. The summed E-state index contributed by atoms with van der Waals surface area (Å²) >= 11 is 1.36. The van der Waals surface area contributed by atoms with Gasteiger partial charge in [-0.1, -0.05) is 30.3 Å². The van der Waals surface area contributed by atoms with E-state index >= 15 is 0 Å². The molecule has 0 unspecified atom stereocenters. The average Bonchev–Trinajstić information content (AvgIpc) is 3.03. The summed E-state index contributed by atoms with van der Waals surface area (Å²) in [5.74, 6) is -1.23. The Bertz CT molecular complexity index is 918. The summed E-state index contributed by atoms with van der Waals surface area (Å²) in [5, 5.41) is 12.6. The Kier molecular flexibility index (Phi) is 6.96. The molecule has 0 saturated heterocycles. The molecule has 1 aromatic heterocycles. The number of hydrogen-bond donors (Lipinski definition) is 1. The number of methoxy groups -OCH3 is 1. The number of hydrogen-bond acceptors (Lipinski definition) is 7. The third-order valence-electron chi connectivity index (χ3n) is 3.50. The van der Waals surface area contributed by atoms with Crippen LogP contribution in [0.1, 0.15) is 41.6 Å². The molecule has 0 aliphatic heterocycles. The van der Waals surface area contributed by atoms with Gasteiger partial charge in [0.2, 0.25) is 0 Å². The molecule has 0 saturated carbocycles. The van der Waals surface area contributed by atoms with E-state index in [0.717, 1.165) is 10.4 Å². The van der Waals surface area contributed by atoms with E-state index in [-0.39, 0.29) is 5.57 Å². The van der Waals surface area contributed by atoms with Crippen molar-refractivity contribution in [1.29, 1.82) is 5.26 Å². The van der Waals surface area contributed by atoms with E-state index in [4.69, 9.17) is 9.47 Å². The molecule has 7 heteroatoms. The molecule has 1 heterocycles. The molecule has 1 aromatic carbocycles. The van der Waals surface area contributed by atoms with Gasteiger partial charge < -0.3 is 14.8 Å². The van der Waals surface area contributed by atoms with Crippen molar-refractivity contribution in [1.82, 2.24) is 0 Å². The normalized spacial score (nSPS) is 11.5. The van der Waals surface area contributed by atoms with Crippen LogP contribution in [-0.4, -0.2) is 24.6 Å². The monoisotopic (exact) mass is 398 g/mol. The zero-order chi connectivity index (χ0) is 20.7. The Hall–Kier alpha value is -3.11. The highest BCUT2D eigenvalue weighted by Crippen LogP contribution is 2.31. The molecule has 0 aliphatic rings. The van der Waals surface area contributed by atoms with Gasteiger partial charge >= 0.3 is 11.9 Å². The number of carbonyl (C=O) groups is 2. The first-order valence-corrected chi connectivity index (χ1v) is 9.40. The minimum atomic E-state index is -0.733. The summed E-state index contributed by atoms with van der Waals surface area (Å²) < 4.78 is 10.0. The Balaban J connectivity index is 2.26. The number of anilines is 1. The second-order valence-electron chi connectivity index (χ2n) is 6.93. The summed E-state index contributed by atoms with van der Waals surface area (Å²) in [5.41, 5.74) is 0.546. The topological polar surface area (TPSA) is 88.4 Å². The van der Waals surface area contributed by atoms with Crippen LogP contribution in [0.3, 0.4) is 0 Å². The summed E-state index contributed by atoms with van der Waals surface area (Å²) in [6, 6.07) is 13.4. The van der Waals surface area contributed by atoms with Crippen LogP contribution >= 0.6 is 11.3 Å². The van der Waals surface area contributed by atoms with E-state index in [9.17, 15) is 14.9 Å². The highest BCUT2D eigenvalue weighted by atomic mass is 32.1. The minimum Gasteiger partial charge on any atom is -0.465 e. The number of nitrogens with one attached hydrogen (secondary N) is 1. The highest BCUT2D eigenvalue weighted by Gasteiger charge is 2.21. The van der Waals surface area contributed by atoms with Crippen LogP contribution in [-0.2, 0) is 20.7 Å². The third-order valence-corrected chi connectivity index (χ3v) is 4.56. The molecule has 0 fully saturated rings. The highest BCUT2D eigenvalue weighted by molar-refractivity contribution is 7.16. The van der Waals surface area contributed by atoms with Crippen molar-refractivity contribution >= 4 is 28.3 Å². The molecule has 6 nitrogen and oxygen atoms in total. The van der Waals surface area contributed by atoms with Crippen molar-refractivity contribution < 1.29 is 19.1 Å². The number of nitriles is 1. The molecular formula is C21H22N2O4S. The number of benzene rings is 1. The molecule has 146 valence electrons. The van der Waals surface area contributed by atoms with Gasteiger partial charge in [-0.2, -0.15) is 5.26 Å². The number of thiophene rings is 1. The first-order chi connectivity index (χ1) is 13.2. The van der Waals surface area contributed by atoms with E-state index in [0.29, 0.717) is 17.0 Å². The fourth-order valence-corrected chi connectivity index (χ4v) is 3.35. The Labute approximate surface area is 168 Å². The quantitative estimate of drug-likeness (QED) is 0.444. The van der Waals surface area contributed by atoms with E-state index in [1.165, 1.54) is 24.6 Å². The van der Waals surface area contributed by atoms with Gasteiger partial charge in [-0.05, 0) is 32.4 Å². The fourth-order valence-electron chi connectivity index (χ4n) is 2.30. The van der Waals surface area contributed by atoms with Gasteiger partial charge in [-0.25, -0.2) is 9.59 Å². The first kappa shape index (κ1) is 21.2. The van der Waals surface area contributed by atoms with Gasteiger partial charge in [0.1, 0.15) is 16.7 Å². The maximum Gasteiger partial charge on any atom is 0.350 e. The van der Waals surface area contributed by atoms with Crippen LogP contribution in [0, 0.1) is 11.3 Å². The maximum atomic E-state index is 12.1. The largest absolute Gasteiger partial charge is 0.465 e. The predicted molar refractivity (Wildman–Crippen MR) is 108 cm³/mol. The Morgan fingerprint density at radius 1 is 1.25 bits per heavy atom. The van der Waals surface area contributed by atoms with E-state index in [1.54, 1.807) is 26.8 Å². The van der Waals surface area contributed by atoms with Crippen molar-refractivity contribution in [3.63, 3.8) is 0 Å². The van der Waals surface area contributed by atoms with Gasteiger partial charge in [-0.3, -0.25) is 0 Å². The Morgan fingerprint density at radius 2 is 1.93 bits per heavy atom. The lowest BCUT2D eigenvalue weighted by Gasteiger charge is -2.18. The van der Waals surface area contributed by atoms with Crippen LogP contribution in [0.25, 0.3) is 0 Å². The molecular weight excluding hydrogens is 376 g/mol. The summed E-state index contributed by atoms with van der Waals surface area (Å²) in [7, 11) is 1.30. The second kappa shape index (κ2) is 9.20. The number of carbonyl (C=O) groups excluding carboxylic acids is 2. The number of nitrogens with zero attached hydrogens (tertiary/aromatic N) is 1. The van der Waals surface area contributed by atoms with E-state index in [2.05, 4.69) is 5.32 Å². The van der Waals surface area contributed by atoms with E-state index < -0.39 is 17.5 Å². The van der Waals surface area contributed by atoms with Crippen LogP contribution in [0.15, 0.2) is 48.2 Å². The molecule has 0 aliphatic carbocycles. The van der Waals surface area contributed by atoms with Gasteiger partial charge in [0.15, 0.2) is 5.57 Å². The van der Waals surface area contributed by atoms with Crippen molar-refractivity contribution in [2.75, 3.05) is 12.4 Å². The maximum absolute atomic E-state index is 12.1. The van der Waals surface area contributed by atoms with Crippen LogP contribution in [0.4, 0.5) is 5.00 Å². The number of esters is 2. The predicted octanol–water partition coefficient (Wildman–Crippen LogP) is 4.29. The fraction of sp³-hybridized carbons (Fsp3) is 0.286. The average molecular weight is 398 g/mol. The first-order valence-electron chi connectivity index (χ1n) is 8.58. The van der Waals surface area contributed by atoms with Crippen molar-refractivity contribution in [2.45, 2.75) is 32.8 Å². The molecule has 28 heavy (non-hydrogen) atoms. The lowest BCUT2D eigenvalue weighted by atomic mass is 10.1. The molecule has 0 atom stereocenters. The molecule has 2 rings (SSSR count).